The standard InChI is InChI=1S/C33H30F3N3O5S/c1-20-8-10-22(11-9-20)30(42)38-24-7-5-6-21(16-24)17-26-31(43)39(29(45-26)18-27(40)32(2,3)4)19-28(41)37-23-12-14-25(15-13-23)44-33(34,35)36/h5-18H,19H2,1-4H3,(H,37,41)(H,38,42)/b26-17-,29-18-. The van der Waals surface area contributed by atoms with E-state index in [1.54, 1.807) is 63.2 Å². The number of hydrogen-bond donors (Lipinski definition) is 2. The molecule has 1 heterocycles. The highest BCUT2D eigenvalue weighted by molar-refractivity contribution is 7.07. The van der Waals surface area contributed by atoms with Gasteiger partial charge in [-0.05, 0) is 67.1 Å². The molecule has 45 heavy (non-hydrogen) atoms. The molecule has 0 bridgehead atoms. The highest BCUT2D eigenvalue weighted by atomic mass is 32.1. The van der Waals surface area contributed by atoms with Crippen LogP contribution in [0, 0.1) is 12.3 Å². The molecule has 0 saturated carbocycles. The number of rotatable bonds is 8. The summed E-state index contributed by atoms with van der Waals surface area (Å²) in [4.78, 5) is 51.9. The maximum Gasteiger partial charge on any atom is 0.573 e. The molecule has 0 radical (unpaired) electrons. The van der Waals surface area contributed by atoms with Crippen LogP contribution in [-0.4, -0.2) is 28.5 Å². The van der Waals surface area contributed by atoms with Gasteiger partial charge in [-0.3, -0.25) is 23.7 Å². The van der Waals surface area contributed by atoms with Crippen LogP contribution in [0.1, 0.15) is 42.3 Å². The number of anilines is 2. The molecule has 0 fully saturated rings. The normalized spacial score (nSPS) is 12.6. The Morgan fingerprint density at radius 1 is 0.911 bits per heavy atom. The van der Waals surface area contributed by atoms with Crippen molar-refractivity contribution in [2.75, 3.05) is 10.6 Å². The summed E-state index contributed by atoms with van der Waals surface area (Å²) in [6.45, 7) is 6.64. The van der Waals surface area contributed by atoms with Crippen LogP contribution < -0.4 is 30.1 Å². The minimum Gasteiger partial charge on any atom is -0.406 e. The van der Waals surface area contributed by atoms with Crippen molar-refractivity contribution in [2.45, 2.75) is 40.6 Å². The predicted octanol–water partition coefficient (Wildman–Crippen LogP) is 5.23. The van der Waals surface area contributed by atoms with E-state index >= 15 is 0 Å². The summed E-state index contributed by atoms with van der Waals surface area (Å²) in [5.41, 5.74) is 1.53. The van der Waals surface area contributed by atoms with Crippen molar-refractivity contribution in [3.63, 3.8) is 0 Å². The van der Waals surface area contributed by atoms with Crippen molar-refractivity contribution in [3.8, 4) is 5.75 Å². The van der Waals surface area contributed by atoms with Gasteiger partial charge in [-0.15, -0.1) is 24.5 Å². The highest BCUT2D eigenvalue weighted by Gasteiger charge is 2.31. The molecule has 0 aliphatic heterocycles. The van der Waals surface area contributed by atoms with Gasteiger partial charge in [0.25, 0.3) is 11.5 Å². The molecule has 8 nitrogen and oxygen atoms in total. The zero-order valence-electron chi connectivity index (χ0n) is 24.8. The fraction of sp³-hybridized carbons (Fsp3) is 0.212. The number of alkyl halides is 3. The largest absolute Gasteiger partial charge is 0.573 e. The molecule has 4 aromatic rings. The number of ether oxygens (including phenoxy) is 1. The first-order valence-corrected chi connectivity index (χ1v) is 14.5. The highest BCUT2D eigenvalue weighted by Crippen LogP contribution is 2.24. The van der Waals surface area contributed by atoms with Gasteiger partial charge in [0.15, 0.2) is 5.78 Å². The number of ketones is 1. The van der Waals surface area contributed by atoms with E-state index in [0.717, 1.165) is 29.0 Å². The van der Waals surface area contributed by atoms with E-state index in [2.05, 4.69) is 15.4 Å². The lowest BCUT2D eigenvalue weighted by molar-refractivity contribution is -0.274. The maximum atomic E-state index is 13.5. The summed E-state index contributed by atoms with van der Waals surface area (Å²) in [7, 11) is 0. The lowest BCUT2D eigenvalue weighted by Gasteiger charge is -2.13. The second kappa shape index (κ2) is 13.3. The van der Waals surface area contributed by atoms with Crippen LogP contribution in [0.15, 0.2) is 77.6 Å². The predicted molar refractivity (Wildman–Crippen MR) is 168 cm³/mol. The van der Waals surface area contributed by atoms with Crippen molar-refractivity contribution < 1.29 is 32.3 Å². The summed E-state index contributed by atoms with van der Waals surface area (Å²) in [6.07, 6.45) is -1.94. The molecule has 1 aromatic heterocycles. The summed E-state index contributed by atoms with van der Waals surface area (Å²) >= 11 is 1.03. The number of nitrogens with zero attached hydrogens (tertiary/aromatic N) is 1. The number of amides is 2. The molecular weight excluding hydrogens is 607 g/mol. The third kappa shape index (κ3) is 9.26. The number of aromatic nitrogens is 1. The van der Waals surface area contributed by atoms with Crippen molar-refractivity contribution in [1.82, 2.24) is 4.57 Å². The number of nitrogens with one attached hydrogen (secondary N) is 2. The quantitative estimate of drug-likeness (QED) is 0.275. The second-order valence-electron chi connectivity index (χ2n) is 11.2. The molecule has 0 aliphatic rings. The fourth-order valence-corrected chi connectivity index (χ4v) is 5.01. The van der Waals surface area contributed by atoms with E-state index in [1.807, 2.05) is 19.1 Å². The van der Waals surface area contributed by atoms with Gasteiger partial charge in [0.2, 0.25) is 5.91 Å². The number of carbonyl (C=O) groups excluding carboxylic acids is 3. The van der Waals surface area contributed by atoms with Gasteiger partial charge < -0.3 is 15.4 Å². The number of hydrogen-bond acceptors (Lipinski definition) is 6. The summed E-state index contributed by atoms with van der Waals surface area (Å²) in [5.74, 6) is -1.64. The van der Waals surface area contributed by atoms with Crippen LogP contribution in [-0.2, 0) is 16.1 Å². The lowest BCUT2D eigenvalue weighted by atomic mass is 9.91. The summed E-state index contributed by atoms with van der Waals surface area (Å²) in [6, 6.07) is 18.5. The molecule has 0 unspecified atom stereocenters. The minimum absolute atomic E-state index is 0.186. The molecule has 0 aliphatic carbocycles. The van der Waals surface area contributed by atoms with E-state index in [4.69, 9.17) is 0 Å². The molecule has 2 amide bonds. The third-order valence-corrected chi connectivity index (χ3v) is 7.42. The monoisotopic (exact) mass is 637 g/mol. The van der Waals surface area contributed by atoms with E-state index < -0.39 is 35.5 Å². The van der Waals surface area contributed by atoms with Crippen molar-refractivity contribution in [2.24, 2.45) is 5.41 Å². The summed E-state index contributed by atoms with van der Waals surface area (Å²) < 4.78 is 42.8. The molecule has 0 atom stereocenters. The second-order valence-corrected chi connectivity index (χ2v) is 12.2. The number of thiazole rings is 1. The lowest BCUT2D eigenvalue weighted by Crippen LogP contribution is -2.36. The number of carbonyl (C=O) groups is 3. The van der Waals surface area contributed by atoms with Crippen molar-refractivity contribution >= 4 is 52.5 Å². The number of halogens is 3. The van der Waals surface area contributed by atoms with Gasteiger partial charge in [0.1, 0.15) is 17.0 Å². The SMILES string of the molecule is Cc1ccc(C(=O)Nc2cccc(/C=c3\s/c(=C\C(=O)C(C)(C)C)n(CC(=O)Nc4ccc(OC(F)(F)F)cc4)c3=O)c2)cc1. The van der Waals surface area contributed by atoms with Crippen molar-refractivity contribution in [3.05, 3.63) is 109 Å². The Morgan fingerprint density at radius 2 is 1.58 bits per heavy atom. The third-order valence-electron chi connectivity index (χ3n) is 6.36. The van der Waals surface area contributed by atoms with Crippen LogP contribution in [0.5, 0.6) is 5.75 Å². The molecule has 2 N–H and O–H groups in total. The van der Waals surface area contributed by atoms with E-state index in [1.165, 1.54) is 22.8 Å². The van der Waals surface area contributed by atoms with Gasteiger partial charge in [0, 0.05) is 28.4 Å². The Labute approximate surface area is 260 Å². The first kappa shape index (κ1) is 32.9. The van der Waals surface area contributed by atoms with Gasteiger partial charge in [-0.25, -0.2) is 0 Å². The Kier molecular flexibility index (Phi) is 9.77. The topological polar surface area (TPSA) is 106 Å². The molecule has 0 spiro atoms. The first-order chi connectivity index (χ1) is 21.1. The van der Waals surface area contributed by atoms with Crippen molar-refractivity contribution in [1.29, 1.82) is 0 Å². The van der Waals surface area contributed by atoms with E-state index in [0.29, 0.717) is 16.8 Å². The van der Waals surface area contributed by atoms with Gasteiger partial charge in [0.05, 0.1) is 4.53 Å². The maximum absolute atomic E-state index is 13.5. The van der Waals surface area contributed by atoms with Crippen LogP contribution in [0.25, 0.3) is 12.2 Å². The molecule has 12 heteroatoms. The number of Topliss-reactive ketones (excluding diaryl/α,β-unsaturated/α-hetero) is 1. The molecule has 4 rings (SSSR count). The van der Waals surface area contributed by atoms with Crippen LogP contribution >= 0.6 is 11.3 Å². The first-order valence-electron chi connectivity index (χ1n) is 13.7. The zero-order chi connectivity index (χ0) is 32.9. The van der Waals surface area contributed by atoms with E-state index in [-0.39, 0.29) is 26.6 Å². The number of benzene rings is 3. The fourth-order valence-electron chi connectivity index (χ4n) is 3.97. The summed E-state index contributed by atoms with van der Waals surface area (Å²) in [5, 5.41) is 5.37. The number of aryl methyl sites for hydroxylation is 1. The molecule has 0 saturated heterocycles. The zero-order valence-corrected chi connectivity index (χ0v) is 25.6. The Bertz CT molecular complexity index is 1900. The van der Waals surface area contributed by atoms with Gasteiger partial charge >= 0.3 is 6.36 Å². The average Bonchev–Trinajstić information content (AvgIpc) is 3.22. The minimum atomic E-state index is -4.85. The Hall–Kier alpha value is -4.97. The molecular formula is C33H30F3N3O5S. The average molecular weight is 638 g/mol. The molecule has 234 valence electrons. The smallest absolute Gasteiger partial charge is 0.406 e. The van der Waals surface area contributed by atoms with Crippen LogP contribution in [0.4, 0.5) is 24.5 Å². The van der Waals surface area contributed by atoms with Gasteiger partial charge in [-0.1, -0.05) is 50.6 Å². The van der Waals surface area contributed by atoms with Crippen LogP contribution in [0.3, 0.4) is 0 Å². The Morgan fingerprint density at radius 3 is 2.20 bits per heavy atom. The van der Waals surface area contributed by atoms with Crippen LogP contribution in [0.2, 0.25) is 0 Å². The van der Waals surface area contributed by atoms with Gasteiger partial charge in [-0.2, -0.15) is 0 Å². The Balaban J connectivity index is 1.63. The van der Waals surface area contributed by atoms with E-state index in [9.17, 15) is 32.3 Å². The molecule has 3 aromatic carbocycles.